The Morgan fingerprint density at radius 1 is 1.00 bits per heavy atom. The summed E-state index contributed by atoms with van der Waals surface area (Å²) in [6, 6.07) is 14.1. The van der Waals surface area contributed by atoms with Crippen molar-refractivity contribution < 1.29 is 18.6 Å². The number of β-amino-alcohol motifs (C(OH)–C–C–N with tert-alkyl or cyclic N) is 2. The minimum atomic E-state index is -3.75. The molecule has 9 heteroatoms. The van der Waals surface area contributed by atoms with Gasteiger partial charge in [0.15, 0.2) is 0 Å². The van der Waals surface area contributed by atoms with Crippen molar-refractivity contribution in [2.24, 2.45) is 0 Å². The van der Waals surface area contributed by atoms with Crippen LogP contribution >= 0.6 is 0 Å². The minimum absolute atomic E-state index is 0.0994. The van der Waals surface area contributed by atoms with Crippen molar-refractivity contribution >= 4 is 10.0 Å². The quantitative estimate of drug-likeness (QED) is 0.620. The molecule has 0 spiro atoms. The van der Waals surface area contributed by atoms with Crippen LogP contribution in [0.25, 0.3) is 0 Å². The Labute approximate surface area is 183 Å². The lowest BCUT2D eigenvalue weighted by atomic mass is 9.99. The molecule has 2 N–H and O–H groups in total. The molecule has 2 atom stereocenters. The van der Waals surface area contributed by atoms with Gasteiger partial charge >= 0.3 is 0 Å². The topological polar surface area (TPSA) is 97.2 Å². The van der Waals surface area contributed by atoms with E-state index in [9.17, 15) is 18.6 Å². The highest BCUT2D eigenvalue weighted by Crippen LogP contribution is 2.28. The van der Waals surface area contributed by atoms with E-state index in [1.165, 1.54) is 16.4 Å². The number of rotatable bonds is 7. The Hall–Kier alpha value is -1.88. The number of piperazine rings is 1. The van der Waals surface area contributed by atoms with Crippen LogP contribution in [-0.4, -0.2) is 102 Å². The van der Waals surface area contributed by atoms with Gasteiger partial charge in [0.05, 0.1) is 11.0 Å². The number of pyridine rings is 1. The molecular formula is C22H30N4O4S. The minimum Gasteiger partial charge on any atom is -0.389 e. The Balaban J connectivity index is 1.30. The predicted molar refractivity (Wildman–Crippen MR) is 117 cm³/mol. The van der Waals surface area contributed by atoms with Crippen molar-refractivity contribution in [3.8, 4) is 0 Å². The lowest BCUT2D eigenvalue weighted by molar-refractivity contribution is -0.0666. The monoisotopic (exact) mass is 446 g/mol. The normalized spacial score (nSPS) is 26.3. The van der Waals surface area contributed by atoms with Gasteiger partial charge in [-0.05, 0) is 24.3 Å². The van der Waals surface area contributed by atoms with Gasteiger partial charge in [0.2, 0.25) is 10.0 Å². The molecule has 4 rings (SSSR count). The molecule has 1 aromatic heterocycles. The third-order valence-electron chi connectivity index (χ3n) is 6.20. The van der Waals surface area contributed by atoms with Gasteiger partial charge in [-0.2, -0.15) is 4.31 Å². The van der Waals surface area contributed by atoms with Crippen LogP contribution in [0, 0.1) is 0 Å². The maximum absolute atomic E-state index is 12.9. The Kier molecular flexibility index (Phi) is 6.71. The summed E-state index contributed by atoms with van der Waals surface area (Å²) in [5, 5.41) is 21.6. The van der Waals surface area contributed by atoms with Gasteiger partial charge in [-0.25, -0.2) is 8.42 Å². The Morgan fingerprint density at radius 3 is 2.35 bits per heavy atom. The fraction of sp³-hybridized carbons (Fsp3) is 0.500. The highest BCUT2D eigenvalue weighted by Gasteiger charge is 2.49. The third kappa shape index (κ3) is 5.14. The van der Waals surface area contributed by atoms with Crippen LogP contribution in [0.2, 0.25) is 0 Å². The standard InChI is InChI=1S/C22H30N4O4S/c27-21-16-26(31(29,30)20-7-2-1-3-8-20)18-22(21,28)17-25-14-12-24(13-15-25)11-9-19-6-4-5-10-23-19/h1-8,10,21,27-28H,9,11-18H2/t21-,22+/m1/s1. The van der Waals surface area contributed by atoms with Crippen LogP contribution in [0.15, 0.2) is 59.6 Å². The van der Waals surface area contributed by atoms with Crippen LogP contribution in [0.4, 0.5) is 0 Å². The van der Waals surface area contributed by atoms with E-state index >= 15 is 0 Å². The zero-order valence-electron chi connectivity index (χ0n) is 17.5. The first-order chi connectivity index (χ1) is 14.9. The van der Waals surface area contributed by atoms with Crippen LogP contribution in [0.5, 0.6) is 0 Å². The first kappa shape index (κ1) is 22.3. The lowest BCUT2D eigenvalue weighted by Gasteiger charge is -2.39. The number of sulfonamides is 1. The molecule has 0 amide bonds. The van der Waals surface area contributed by atoms with Crippen LogP contribution in [0.3, 0.4) is 0 Å². The Morgan fingerprint density at radius 2 is 1.68 bits per heavy atom. The zero-order valence-corrected chi connectivity index (χ0v) is 18.4. The number of nitrogens with zero attached hydrogens (tertiary/aromatic N) is 4. The Bertz CT molecular complexity index is 952. The van der Waals surface area contributed by atoms with E-state index < -0.39 is 21.7 Å². The number of benzene rings is 1. The van der Waals surface area contributed by atoms with Gasteiger partial charge in [0.1, 0.15) is 5.60 Å². The summed E-state index contributed by atoms with van der Waals surface area (Å²) >= 11 is 0. The summed E-state index contributed by atoms with van der Waals surface area (Å²) < 4.78 is 26.9. The molecule has 3 heterocycles. The average molecular weight is 447 g/mol. The first-order valence-electron chi connectivity index (χ1n) is 10.7. The van der Waals surface area contributed by atoms with Gasteiger partial charge in [0, 0.05) is 70.7 Å². The fourth-order valence-corrected chi connectivity index (χ4v) is 5.83. The van der Waals surface area contributed by atoms with Crippen molar-refractivity contribution in [1.82, 2.24) is 19.1 Å². The second-order valence-corrected chi connectivity index (χ2v) is 10.4. The molecule has 2 aliphatic rings. The molecule has 0 aliphatic carbocycles. The second kappa shape index (κ2) is 9.32. The summed E-state index contributed by atoms with van der Waals surface area (Å²) in [5.41, 5.74) is -0.397. The number of aliphatic hydroxyl groups excluding tert-OH is 1. The van der Waals surface area contributed by atoms with E-state index in [-0.39, 0.29) is 24.5 Å². The van der Waals surface area contributed by atoms with Crippen molar-refractivity contribution in [3.63, 3.8) is 0 Å². The zero-order chi connectivity index (χ0) is 21.9. The molecular weight excluding hydrogens is 416 g/mol. The smallest absolute Gasteiger partial charge is 0.243 e. The lowest BCUT2D eigenvalue weighted by Crippen LogP contribution is -2.56. The maximum Gasteiger partial charge on any atom is 0.243 e. The molecule has 0 saturated carbocycles. The molecule has 0 radical (unpaired) electrons. The molecule has 168 valence electrons. The molecule has 8 nitrogen and oxygen atoms in total. The molecule has 2 aromatic rings. The number of aliphatic hydroxyl groups is 2. The summed E-state index contributed by atoms with van der Waals surface area (Å²) in [6.45, 7) is 4.24. The molecule has 2 saturated heterocycles. The van der Waals surface area contributed by atoms with Crippen LogP contribution < -0.4 is 0 Å². The summed E-state index contributed by atoms with van der Waals surface area (Å²) in [4.78, 5) is 9.01. The summed E-state index contributed by atoms with van der Waals surface area (Å²) in [6.07, 6.45) is 1.59. The molecule has 31 heavy (non-hydrogen) atoms. The van der Waals surface area contributed by atoms with Crippen molar-refractivity contribution in [1.29, 1.82) is 0 Å². The largest absolute Gasteiger partial charge is 0.389 e. The van der Waals surface area contributed by atoms with E-state index in [0.717, 1.165) is 44.8 Å². The van der Waals surface area contributed by atoms with E-state index in [1.54, 1.807) is 18.2 Å². The van der Waals surface area contributed by atoms with Crippen LogP contribution in [0.1, 0.15) is 5.69 Å². The van der Waals surface area contributed by atoms with Crippen molar-refractivity contribution in [2.45, 2.75) is 23.0 Å². The molecule has 0 bridgehead atoms. The summed E-state index contributed by atoms with van der Waals surface area (Å²) in [7, 11) is -3.75. The SMILES string of the molecule is O=S(=O)(c1ccccc1)N1C[C@@H](O)[C@](O)(CN2CCN(CCc3ccccn3)CC2)C1. The molecule has 0 unspecified atom stereocenters. The van der Waals surface area contributed by atoms with E-state index in [2.05, 4.69) is 14.8 Å². The second-order valence-electron chi connectivity index (χ2n) is 8.42. The average Bonchev–Trinajstić information content (AvgIpc) is 3.09. The molecule has 2 fully saturated rings. The van der Waals surface area contributed by atoms with Crippen molar-refractivity contribution in [3.05, 3.63) is 60.4 Å². The number of aromatic nitrogens is 1. The van der Waals surface area contributed by atoms with Gasteiger partial charge in [-0.1, -0.05) is 24.3 Å². The van der Waals surface area contributed by atoms with Gasteiger partial charge in [0.25, 0.3) is 0 Å². The highest BCUT2D eigenvalue weighted by molar-refractivity contribution is 7.89. The van der Waals surface area contributed by atoms with E-state index in [1.807, 2.05) is 24.4 Å². The summed E-state index contributed by atoms with van der Waals surface area (Å²) in [5.74, 6) is 0. The van der Waals surface area contributed by atoms with E-state index in [4.69, 9.17) is 0 Å². The van der Waals surface area contributed by atoms with E-state index in [0.29, 0.717) is 0 Å². The first-order valence-corrected chi connectivity index (χ1v) is 12.1. The third-order valence-corrected chi connectivity index (χ3v) is 8.03. The molecule has 1 aromatic carbocycles. The highest BCUT2D eigenvalue weighted by atomic mass is 32.2. The maximum atomic E-state index is 12.9. The van der Waals surface area contributed by atoms with Gasteiger partial charge in [-0.15, -0.1) is 0 Å². The predicted octanol–water partition coefficient (Wildman–Crippen LogP) is 0.0382. The fourth-order valence-electron chi connectivity index (χ4n) is 4.30. The van der Waals surface area contributed by atoms with Gasteiger partial charge < -0.3 is 15.1 Å². The van der Waals surface area contributed by atoms with Gasteiger partial charge in [-0.3, -0.25) is 9.88 Å². The van der Waals surface area contributed by atoms with Crippen molar-refractivity contribution in [2.75, 3.05) is 52.4 Å². The number of hydrogen-bond donors (Lipinski definition) is 2. The molecule has 2 aliphatic heterocycles. The number of hydrogen-bond acceptors (Lipinski definition) is 7. The van der Waals surface area contributed by atoms with Crippen LogP contribution in [-0.2, 0) is 16.4 Å².